The van der Waals surface area contributed by atoms with Crippen molar-refractivity contribution in [3.63, 3.8) is 0 Å². The van der Waals surface area contributed by atoms with Crippen LogP contribution in [0.4, 0.5) is 0 Å². The Kier molecular flexibility index (Phi) is 7.55. The average molecular weight is 469 g/mol. The molecule has 1 aromatic heterocycles. The largest absolute Gasteiger partial charge is 0.459 e. The zero-order chi connectivity index (χ0) is 23.8. The minimum atomic E-state index is -0.609. The first-order valence-electron chi connectivity index (χ1n) is 11.3. The quantitative estimate of drug-likeness (QED) is 0.306. The van der Waals surface area contributed by atoms with Gasteiger partial charge in [-0.1, -0.05) is 103 Å². The van der Waals surface area contributed by atoms with Crippen LogP contribution in [-0.4, -0.2) is 22.3 Å². The third-order valence-corrected chi connectivity index (χ3v) is 6.66. The van der Waals surface area contributed by atoms with Gasteiger partial charge in [0.05, 0.1) is 16.7 Å². The maximum absolute atomic E-state index is 12.7. The van der Waals surface area contributed by atoms with E-state index in [-0.39, 0.29) is 11.7 Å². The molecule has 0 fully saturated rings. The highest BCUT2D eigenvalue weighted by molar-refractivity contribution is 7.80. The second kappa shape index (κ2) is 10.9. The van der Waals surface area contributed by atoms with Crippen LogP contribution in [0.5, 0.6) is 0 Å². The fourth-order valence-corrected chi connectivity index (χ4v) is 4.33. The number of carbonyl (C=O) groups excluding carboxylic acids is 1. The monoisotopic (exact) mass is 468 g/mol. The first kappa shape index (κ1) is 23.5. The average Bonchev–Trinajstić information content (AvgIpc) is 3.43. The molecule has 0 saturated carbocycles. The lowest BCUT2D eigenvalue weighted by atomic mass is 9.81. The Morgan fingerprint density at radius 2 is 1.35 bits per heavy atom. The molecule has 0 aliphatic heterocycles. The predicted octanol–water partition coefficient (Wildman–Crippen LogP) is 6.00. The summed E-state index contributed by atoms with van der Waals surface area (Å²) in [5.74, 6) is 0.0272. The van der Waals surface area contributed by atoms with E-state index in [4.69, 9.17) is 16.6 Å². The van der Waals surface area contributed by atoms with Gasteiger partial charge in [0.25, 0.3) is 5.91 Å². The van der Waals surface area contributed by atoms with E-state index in [0.29, 0.717) is 19.6 Å². The van der Waals surface area contributed by atoms with Crippen molar-refractivity contribution >= 4 is 23.1 Å². The SMILES string of the molecule is C[C@@](CNC(=O)c1ccco1)(C(=S)N(Cc1ccccc1)Cc1ccccc1)c1ccccc1. The van der Waals surface area contributed by atoms with Gasteiger partial charge in [-0.2, -0.15) is 0 Å². The van der Waals surface area contributed by atoms with Crippen LogP contribution in [0.1, 0.15) is 34.2 Å². The van der Waals surface area contributed by atoms with E-state index in [0.717, 1.165) is 10.6 Å². The highest BCUT2D eigenvalue weighted by atomic mass is 32.1. The van der Waals surface area contributed by atoms with Gasteiger partial charge in [0, 0.05) is 19.6 Å². The van der Waals surface area contributed by atoms with E-state index in [9.17, 15) is 4.79 Å². The number of amides is 1. The Morgan fingerprint density at radius 3 is 1.85 bits per heavy atom. The summed E-state index contributed by atoms with van der Waals surface area (Å²) in [6.45, 7) is 3.78. The third-order valence-electron chi connectivity index (χ3n) is 5.95. The predicted molar refractivity (Wildman–Crippen MR) is 140 cm³/mol. The van der Waals surface area contributed by atoms with Gasteiger partial charge < -0.3 is 14.6 Å². The first-order valence-corrected chi connectivity index (χ1v) is 11.7. The molecule has 1 amide bonds. The standard InChI is InChI=1S/C29H28N2O2S/c1-29(25-16-9-4-10-17-25,22-30-27(32)26-18-11-19-33-26)28(34)31(20-23-12-5-2-6-13-23)21-24-14-7-3-8-15-24/h2-19H,20-22H2,1H3,(H,30,32)/t29-/m0/s1. The van der Waals surface area contributed by atoms with Gasteiger partial charge in [-0.15, -0.1) is 0 Å². The molecular weight excluding hydrogens is 440 g/mol. The topological polar surface area (TPSA) is 45.5 Å². The molecule has 1 heterocycles. The molecule has 4 rings (SSSR count). The van der Waals surface area contributed by atoms with Crippen molar-refractivity contribution < 1.29 is 9.21 Å². The Bertz CT molecular complexity index is 1150. The van der Waals surface area contributed by atoms with Crippen molar-refractivity contribution in [1.29, 1.82) is 0 Å². The van der Waals surface area contributed by atoms with Crippen molar-refractivity contribution in [2.75, 3.05) is 6.54 Å². The number of thiocarbonyl (C=S) groups is 1. The van der Waals surface area contributed by atoms with E-state index >= 15 is 0 Å². The molecule has 0 unspecified atom stereocenters. The van der Waals surface area contributed by atoms with Gasteiger partial charge in [0.15, 0.2) is 5.76 Å². The van der Waals surface area contributed by atoms with Crippen molar-refractivity contribution in [1.82, 2.24) is 10.2 Å². The molecule has 4 aromatic rings. The number of benzene rings is 3. The minimum absolute atomic E-state index is 0.257. The van der Waals surface area contributed by atoms with E-state index in [1.54, 1.807) is 12.1 Å². The Morgan fingerprint density at radius 1 is 0.824 bits per heavy atom. The molecule has 0 aliphatic rings. The summed E-state index contributed by atoms with van der Waals surface area (Å²) in [4.78, 5) is 15.7. The lowest BCUT2D eigenvalue weighted by Crippen LogP contribution is -2.50. The van der Waals surface area contributed by atoms with Gasteiger partial charge in [-0.25, -0.2) is 0 Å². The molecule has 0 spiro atoms. The molecule has 1 N–H and O–H groups in total. The van der Waals surface area contributed by atoms with Gasteiger partial charge in [-0.3, -0.25) is 4.79 Å². The molecule has 34 heavy (non-hydrogen) atoms. The zero-order valence-corrected chi connectivity index (χ0v) is 20.0. The van der Waals surface area contributed by atoms with Crippen LogP contribution in [0.25, 0.3) is 0 Å². The van der Waals surface area contributed by atoms with Crippen LogP contribution < -0.4 is 5.32 Å². The van der Waals surface area contributed by atoms with Crippen molar-refractivity contribution in [3.8, 4) is 0 Å². The van der Waals surface area contributed by atoms with Crippen LogP contribution in [0, 0.1) is 0 Å². The minimum Gasteiger partial charge on any atom is -0.459 e. The summed E-state index contributed by atoms with van der Waals surface area (Å²) in [5.41, 5.74) is 2.79. The van der Waals surface area contributed by atoms with Crippen molar-refractivity contribution in [3.05, 3.63) is 132 Å². The number of furan rings is 1. The Balaban J connectivity index is 1.66. The number of rotatable bonds is 9. The summed E-state index contributed by atoms with van der Waals surface area (Å²) < 4.78 is 5.28. The van der Waals surface area contributed by atoms with Crippen LogP contribution in [0.3, 0.4) is 0 Å². The zero-order valence-electron chi connectivity index (χ0n) is 19.2. The van der Waals surface area contributed by atoms with Crippen LogP contribution in [0.15, 0.2) is 114 Å². The van der Waals surface area contributed by atoms with Crippen molar-refractivity contribution in [2.45, 2.75) is 25.4 Å². The summed E-state index contributed by atoms with van der Waals surface area (Å²) in [6.07, 6.45) is 1.50. The molecule has 4 nitrogen and oxygen atoms in total. The molecule has 0 bridgehead atoms. The number of hydrogen-bond donors (Lipinski definition) is 1. The van der Waals surface area contributed by atoms with Crippen LogP contribution in [0.2, 0.25) is 0 Å². The highest BCUT2D eigenvalue weighted by Crippen LogP contribution is 2.29. The molecule has 172 valence electrons. The van der Waals surface area contributed by atoms with Gasteiger partial charge >= 0.3 is 0 Å². The normalized spacial score (nSPS) is 12.5. The summed E-state index contributed by atoms with van der Waals surface area (Å²) in [7, 11) is 0. The molecule has 0 radical (unpaired) electrons. The number of nitrogens with one attached hydrogen (secondary N) is 1. The third kappa shape index (κ3) is 5.61. The van der Waals surface area contributed by atoms with Crippen LogP contribution >= 0.6 is 12.2 Å². The summed E-state index contributed by atoms with van der Waals surface area (Å²) >= 11 is 6.19. The maximum Gasteiger partial charge on any atom is 0.287 e. The lowest BCUT2D eigenvalue weighted by Gasteiger charge is -2.38. The van der Waals surface area contributed by atoms with Crippen molar-refractivity contribution in [2.24, 2.45) is 0 Å². The smallest absolute Gasteiger partial charge is 0.287 e. The summed E-state index contributed by atoms with van der Waals surface area (Å²) in [5, 5.41) is 3.04. The first-order chi connectivity index (χ1) is 16.6. The number of carbonyl (C=O) groups is 1. The maximum atomic E-state index is 12.7. The lowest BCUT2D eigenvalue weighted by molar-refractivity contribution is 0.0920. The molecule has 0 aliphatic carbocycles. The number of nitrogens with zero attached hydrogens (tertiary/aromatic N) is 1. The molecule has 0 saturated heterocycles. The molecule has 1 atom stereocenters. The Hall–Kier alpha value is -3.70. The van der Waals surface area contributed by atoms with E-state index in [2.05, 4.69) is 53.5 Å². The molecule has 5 heteroatoms. The second-order valence-corrected chi connectivity index (χ2v) is 8.88. The Labute approximate surface area is 206 Å². The van der Waals surface area contributed by atoms with E-state index in [1.165, 1.54) is 17.4 Å². The van der Waals surface area contributed by atoms with Gasteiger partial charge in [0.1, 0.15) is 0 Å². The second-order valence-electron chi connectivity index (χ2n) is 8.49. The fourth-order valence-electron chi connectivity index (χ4n) is 4.02. The molecular formula is C29H28N2O2S. The number of hydrogen-bond acceptors (Lipinski definition) is 3. The fraction of sp³-hybridized carbons (Fsp3) is 0.172. The molecule has 3 aromatic carbocycles. The van der Waals surface area contributed by atoms with Gasteiger partial charge in [-0.05, 0) is 35.7 Å². The van der Waals surface area contributed by atoms with E-state index < -0.39 is 5.41 Å². The summed E-state index contributed by atoms with van der Waals surface area (Å²) in [6, 6.07) is 34.1. The van der Waals surface area contributed by atoms with E-state index in [1.807, 2.05) is 54.6 Å². The van der Waals surface area contributed by atoms with Gasteiger partial charge in [0.2, 0.25) is 0 Å². The van der Waals surface area contributed by atoms with Crippen LogP contribution in [-0.2, 0) is 18.5 Å². The highest BCUT2D eigenvalue weighted by Gasteiger charge is 2.35.